The second kappa shape index (κ2) is 6.26. The molecular formula is C16H17F3N4O. The zero-order chi connectivity index (χ0) is 17.3. The van der Waals surface area contributed by atoms with Gasteiger partial charge in [0.2, 0.25) is 5.91 Å². The van der Waals surface area contributed by atoms with Crippen LogP contribution < -0.4 is 0 Å². The number of amides is 1. The van der Waals surface area contributed by atoms with Gasteiger partial charge in [-0.2, -0.15) is 18.3 Å². The number of nitrogens with zero attached hydrogens (tertiary/aromatic N) is 4. The summed E-state index contributed by atoms with van der Waals surface area (Å²) >= 11 is 0. The van der Waals surface area contributed by atoms with E-state index in [2.05, 4.69) is 10.1 Å². The van der Waals surface area contributed by atoms with Crippen molar-refractivity contribution in [3.05, 3.63) is 36.2 Å². The lowest BCUT2D eigenvalue weighted by Gasteiger charge is -2.33. The number of hydrogen-bond donors (Lipinski definition) is 0. The fourth-order valence-electron chi connectivity index (χ4n) is 2.81. The van der Waals surface area contributed by atoms with E-state index in [0.29, 0.717) is 24.7 Å². The molecule has 1 aromatic carbocycles. The van der Waals surface area contributed by atoms with Crippen LogP contribution in [0, 0.1) is 0 Å². The summed E-state index contributed by atoms with van der Waals surface area (Å²) in [6.45, 7) is 2.53. The molecule has 0 saturated heterocycles. The zero-order valence-corrected chi connectivity index (χ0v) is 13.1. The average molecular weight is 338 g/mol. The smallest absolute Gasteiger partial charge is 0.331 e. The first kappa shape index (κ1) is 16.5. The number of rotatable bonds is 3. The van der Waals surface area contributed by atoms with Crippen molar-refractivity contribution in [2.75, 3.05) is 6.54 Å². The Labute approximate surface area is 137 Å². The fraction of sp³-hybridized carbons (Fsp3) is 0.438. The van der Waals surface area contributed by atoms with Gasteiger partial charge in [0, 0.05) is 18.5 Å². The quantitative estimate of drug-likeness (QED) is 0.864. The lowest BCUT2D eigenvalue weighted by molar-refractivity contribution is -0.151. The van der Waals surface area contributed by atoms with E-state index < -0.39 is 31.0 Å². The predicted octanol–water partition coefficient (Wildman–Crippen LogP) is 3.19. The minimum Gasteiger partial charge on any atom is -0.331 e. The first-order chi connectivity index (χ1) is 11.3. The molecule has 8 heteroatoms. The van der Waals surface area contributed by atoms with Crippen LogP contribution in [0.4, 0.5) is 13.2 Å². The molecule has 1 atom stereocenters. The number of aromatic nitrogens is 3. The Bertz CT molecular complexity index is 727. The normalized spacial score (nSPS) is 17.7. The molecule has 1 aromatic heterocycles. The number of halogens is 3. The second-order valence-corrected chi connectivity index (χ2v) is 5.76. The van der Waals surface area contributed by atoms with Gasteiger partial charge in [-0.3, -0.25) is 4.79 Å². The molecule has 0 aliphatic carbocycles. The van der Waals surface area contributed by atoms with Crippen molar-refractivity contribution in [3.63, 3.8) is 0 Å². The third kappa shape index (κ3) is 3.42. The van der Waals surface area contributed by atoms with Crippen LogP contribution in [0.5, 0.6) is 0 Å². The summed E-state index contributed by atoms with van der Waals surface area (Å²) in [5.41, 5.74) is 0.863. The lowest BCUT2D eigenvalue weighted by Crippen LogP contribution is -2.41. The van der Waals surface area contributed by atoms with Crippen molar-refractivity contribution in [2.24, 2.45) is 0 Å². The highest BCUT2D eigenvalue weighted by atomic mass is 19.4. The summed E-state index contributed by atoms with van der Waals surface area (Å²) < 4.78 is 38.7. The van der Waals surface area contributed by atoms with E-state index in [1.165, 1.54) is 4.90 Å². The molecule has 1 aliphatic heterocycles. The van der Waals surface area contributed by atoms with E-state index in [-0.39, 0.29) is 0 Å². The van der Waals surface area contributed by atoms with Crippen LogP contribution in [0.2, 0.25) is 0 Å². The Morgan fingerprint density at radius 1 is 1.25 bits per heavy atom. The van der Waals surface area contributed by atoms with Crippen LogP contribution in [-0.2, 0) is 11.3 Å². The SMILES string of the molecule is C[C@H]1c2nc(-c3ccccc3)nn2CCN1C(=O)CCC(F)(F)F. The highest BCUT2D eigenvalue weighted by Gasteiger charge is 2.33. The topological polar surface area (TPSA) is 51.0 Å². The van der Waals surface area contributed by atoms with Crippen molar-refractivity contribution in [1.29, 1.82) is 0 Å². The molecule has 1 aliphatic rings. The summed E-state index contributed by atoms with van der Waals surface area (Å²) in [6.07, 6.45) is -5.96. The molecule has 3 rings (SSSR count). The Balaban J connectivity index is 1.77. The van der Waals surface area contributed by atoms with Gasteiger partial charge < -0.3 is 4.90 Å². The van der Waals surface area contributed by atoms with E-state index in [0.717, 1.165) is 5.56 Å². The van der Waals surface area contributed by atoms with Crippen LogP contribution >= 0.6 is 0 Å². The summed E-state index contributed by atoms with van der Waals surface area (Å²) in [5, 5.41) is 4.44. The van der Waals surface area contributed by atoms with E-state index in [1.54, 1.807) is 11.6 Å². The van der Waals surface area contributed by atoms with Gasteiger partial charge in [-0.15, -0.1) is 0 Å². The van der Waals surface area contributed by atoms with Gasteiger partial charge in [0.1, 0.15) is 5.82 Å². The Morgan fingerprint density at radius 2 is 1.96 bits per heavy atom. The van der Waals surface area contributed by atoms with Gasteiger partial charge in [0.05, 0.1) is 19.0 Å². The molecule has 24 heavy (non-hydrogen) atoms. The first-order valence-electron chi connectivity index (χ1n) is 7.71. The minimum atomic E-state index is -4.32. The molecule has 0 radical (unpaired) electrons. The van der Waals surface area contributed by atoms with E-state index in [4.69, 9.17) is 0 Å². The molecule has 0 fully saturated rings. The number of carbonyl (C=O) groups is 1. The molecule has 5 nitrogen and oxygen atoms in total. The number of fused-ring (bicyclic) bond motifs is 1. The average Bonchev–Trinajstić information content (AvgIpc) is 2.98. The largest absolute Gasteiger partial charge is 0.389 e. The number of alkyl halides is 3. The third-order valence-corrected chi connectivity index (χ3v) is 4.07. The molecule has 0 spiro atoms. The molecule has 0 saturated carbocycles. The molecule has 128 valence electrons. The first-order valence-corrected chi connectivity index (χ1v) is 7.71. The van der Waals surface area contributed by atoms with Gasteiger partial charge in [-0.25, -0.2) is 9.67 Å². The van der Waals surface area contributed by atoms with E-state index >= 15 is 0 Å². The standard InChI is InChI=1S/C16H17F3N4O/c1-11-15-20-14(12-5-3-2-4-6-12)21-23(15)10-9-22(11)13(24)7-8-16(17,18)19/h2-6,11H,7-10H2,1H3/t11-/m0/s1. The van der Waals surface area contributed by atoms with Crippen LogP contribution in [-0.4, -0.2) is 38.3 Å². The molecule has 0 bridgehead atoms. The van der Waals surface area contributed by atoms with E-state index in [1.807, 2.05) is 30.3 Å². The summed E-state index contributed by atoms with van der Waals surface area (Å²) in [4.78, 5) is 18.0. The van der Waals surface area contributed by atoms with Gasteiger partial charge >= 0.3 is 6.18 Å². The maximum absolute atomic E-state index is 12.3. The van der Waals surface area contributed by atoms with Crippen molar-refractivity contribution >= 4 is 5.91 Å². The van der Waals surface area contributed by atoms with Gasteiger partial charge in [0.15, 0.2) is 5.82 Å². The van der Waals surface area contributed by atoms with Gasteiger partial charge in [-0.05, 0) is 6.92 Å². The molecule has 0 unspecified atom stereocenters. The van der Waals surface area contributed by atoms with Crippen LogP contribution in [0.3, 0.4) is 0 Å². The zero-order valence-electron chi connectivity index (χ0n) is 13.1. The number of carbonyl (C=O) groups excluding carboxylic acids is 1. The van der Waals surface area contributed by atoms with Crippen LogP contribution in [0.1, 0.15) is 31.6 Å². The monoisotopic (exact) mass is 338 g/mol. The Hall–Kier alpha value is -2.38. The van der Waals surface area contributed by atoms with Crippen LogP contribution in [0.15, 0.2) is 30.3 Å². The summed E-state index contributed by atoms with van der Waals surface area (Å²) in [6, 6.07) is 9.03. The van der Waals surface area contributed by atoms with Crippen molar-refractivity contribution in [2.45, 2.75) is 38.5 Å². The maximum Gasteiger partial charge on any atom is 0.389 e. The minimum absolute atomic E-state index is 0.336. The highest BCUT2D eigenvalue weighted by Crippen LogP contribution is 2.28. The van der Waals surface area contributed by atoms with Crippen molar-refractivity contribution in [3.8, 4) is 11.4 Å². The van der Waals surface area contributed by atoms with Crippen LogP contribution in [0.25, 0.3) is 11.4 Å². The summed E-state index contributed by atoms with van der Waals surface area (Å²) in [7, 11) is 0. The molecule has 2 aromatic rings. The van der Waals surface area contributed by atoms with Crippen molar-refractivity contribution < 1.29 is 18.0 Å². The molecule has 2 heterocycles. The van der Waals surface area contributed by atoms with Crippen molar-refractivity contribution in [1.82, 2.24) is 19.7 Å². The van der Waals surface area contributed by atoms with Gasteiger partial charge in [0.25, 0.3) is 0 Å². The predicted molar refractivity (Wildman–Crippen MR) is 80.9 cm³/mol. The Kier molecular flexibility index (Phi) is 4.29. The van der Waals surface area contributed by atoms with E-state index in [9.17, 15) is 18.0 Å². The number of benzene rings is 1. The molecule has 1 amide bonds. The molecular weight excluding hydrogens is 321 g/mol. The Morgan fingerprint density at radius 3 is 2.62 bits per heavy atom. The highest BCUT2D eigenvalue weighted by molar-refractivity contribution is 5.76. The lowest BCUT2D eigenvalue weighted by atomic mass is 10.1. The third-order valence-electron chi connectivity index (χ3n) is 4.07. The second-order valence-electron chi connectivity index (χ2n) is 5.76. The maximum atomic E-state index is 12.3. The number of hydrogen-bond acceptors (Lipinski definition) is 3. The summed E-state index contributed by atoms with van der Waals surface area (Å²) in [5.74, 6) is 0.651. The van der Waals surface area contributed by atoms with Gasteiger partial charge in [-0.1, -0.05) is 30.3 Å². The molecule has 0 N–H and O–H groups in total. The fourth-order valence-corrected chi connectivity index (χ4v) is 2.81.